The fourth-order valence-corrected chi connectivity index (χ4v) is 1.62. The van der Waals surface area contributed by atoms with E-state index in [1.807, 2.05) is 20.8 Å². The van der Waals surface area contributed by atoms with E-state index in [2.05, 4.69) is 0 Å². The van der Waals surface area contributed by atoms with Gasteiger partial charge in [-0.2, -0.15) is 0 Å². The normalized spacial score (nSPS) is 27.5. The molecule has 1 N–H and O–H groups in total. The summed E-state index contributed by atoms with van der Waals surface area (Å²) >= 11 is 0. The SMILES string of the molecule is CC(C)(C)OC(=O)CC1(O)CCCOC1. The van der Waals surface area contributed by atoms with E-state index in [0.29, 0.717) is 13.0 Å². The Bertz CT molecular complexity index is 223. The van der Waals surface area contributed by atoms with E-state index in [1.54, 1.807) is 0 Å². The van der Waals surface area contributed by atoms with Crippen molar-refractivity contribution in [2.75, 3.05) is 13.2 Å². The molecule has 1 heterocycles. The van der Waals surface area contributed by atoms with Crippen LogP contribution in [0.25, 0.3) is 0 Å². The lowest BCUT2D eigenvalue weighted by atomic mass is 9.93. The van der Waals surface area contributed by atoms with Crippen molar-refractivity contribution in [2.24, 2.45) is 0 Å². The summed E-state index contributed by atoms with van der Waals surface area (Å²) in [5.41, 5.74) is -1.52. The number of aliphatic hydroxyl groups is 1. The van der Waals surface area contributed by atoms with Crippen molar-refractivity contribution in [3.63, 3.8) is 0 Å². The Morgan fingerprint density at radius 2 is 2.20 bits per heavy atom. The molecule has 4 nitrogen and oxygen atoms in total. The molecular formula is C11H20O4. The second-order valence-electron chi connectivity index (χ2n) is 5.14. The lowest BCUT2D eigenvalue weighted by Gasteiger charge is -2.32. The first kappa shape index (κ1) is 12.5. The predicted octanol–water partition coefficient (Wildman–Crippen LogP) is 1.26. The Labute approximate surface area is 90.6 Å². The van der Waals surface area contributed by atoms with Crippen LogP contribution >= 0.6 is 0 Å². The van der Waals surface area contributed by atoms with Crippen molar-refractivity contribution in [1.29, 1.82) is 0 Å². The van der Waals surface area contributed by atoms with Gasteiger partial charge in [0.1, 0.15) is 5.60 Å². The van der Waals surface area contributed by atoms with Crippen LogP contribution in [0.4, 0.5) is 0 Å². The molecule has 4 heteroatoms. The molecule has 1 aliphatic heterocycles. The second kappa shape index (κ2) is 4.49. The minimum absolute atomic E-state index is 0.0181. The number of carbonyl (C=O) groups is 1. The Morgan fingerprint density at radius 1 is 1.53 bits per heavy atom. The van der Waals surface area contributed by atoms with Crippen LogP contribution in [0.2, 0.25) is 0 Å². The molecule has 0 spiro atoms. The zero-order valence-corrected chi connectivity index (χ0v) is 9.71. The van der Waals surface area contributed by atoms with Crippen molar-refractivity contribution in [2.45, 2.75) is 51.2 Å². The average molecular weight is 216 g/mol. The van der Waals surface area contributed by atoms with Crippen LogP contribution in [0.3, 0.4) is 0 Å². The van der Waals surface area contributed by atoms with Crippen molar-refractivity contribution >= 4 is 5.97 Å². The first-order chi connectivity index (χ1) is 6.81. The van der Waals surface area contributed by atoms with Gasteiger partial charge >= 0.3 is 5.97 Å². The fourth-order valence-electron chi connectivity index (χ4n) is 1.62. The summed E-state index contributed by atoms with van der Waals surface area (Å²) in [6, 6.07) is 0. The summed E-state index contributed by atoms with van der Waals surface area (Å²) in [6.45, 7) is 6.33. The highest BCUT2D eigenvalue weighted by Gasteiger charge is 2.34. The minimum Gasteiger partial charge on any atom is -0.460 e. The third-order valence-corrected chi connectivity index (χ3v) is 2.19. The first-order valence-electron chi connectivity index (χ1n) is 5.33. The summed E-state index contributed by atoms with van der Waals surface area (Å²) in [6.07, 6.45) is 1.41. The zero-order valence-electron chi connectivity index (χ0n) is 9.71. The van der Waals surface area contributed by atoms with Gasteiger partial charge in [-0.05, 0) is 33.6 Å². The molecule has 15 heavy (non-hydrogen) atoms. The summed E-state index contributed by atoms with van der Waals surface area (Å²) in [5.74, 6) is -0.365. The third-order valence-electron chi connectivity index (χ3n) is 2.19. The molecular weight excluding hydrogens is 196 g/mol. The highest BCUT2D eigenvalue weighted by atomic mass is 16.6. The standard InChI is InChI=1S/C11H20O4/c1-10(2,3)15-9(12)7-11(13)5-4-6-14-8-11/h13H,4-8H2,1-3H3. The van der Waals surface area contributed by atoms with Crippen molar-refractivity contribution < 1.29 is 19.4 Å². The zero-order chi connectivity index (χ0) is 11.5. The Balaban J connectivity index is 2.42. The summed E-state index contributed by atoms with van der Waals surface area (Å²) in [4.78, 5) is 11.5. The number of carbonyl (C=O) groups excluding carboxylic acids is 1. The Kier molecular flexibility index (Phi) is 3.73. The van der Waals surface area contributed by atoms with Crippen LogP contribution in [0.5, 0.6) is 0 Å². The van der Waals surface area contributed by atoms with Crippen molar-refractivity contribution in [3.8, 4) is 0 Å². The molecule has 1 fully saturated rings. The molecule has 1 aliphatic rings. The highest BCUT2D eigenvalue weighted by molar-refractivity contribution is 5.71. The van der Waals surface area contributed by atoms with Crippen LogP contribution < -0.4 is 0 Å². The molecule has 1 atom stereocenters. The van der Waals surface area contributed by atoms with Gasteiger partial charge in [0.15, 0.2) is 0 Å². The summed E-state index contributed by atoms with van der Waals surface area (Å²) < 4.78 is 10.3. The highest BCUT2D eigenvalue weighted by Crippen LogP contribution is 2.24. The quantitative estimate of drug-likeness (QED) is 0.706. The molecule has 0 aromatic heterocycles. The van der Waals surface area contributed by atoms with E-state index in [1.165, 1.54) is 0 Å². The monoisotopic (exact) mass is 216 g/mol. The lowest BCUT2D eigenvalue weighted by molar-refractivity contribution is -0.166. The van der Waals surface area contributed by atoms with Gasteiger partial charge in [-0.3, -0.25) is 4.79 Å². The number of hydrogen-bond donors (Lipinski definition) is 1. The molecule has 0 amide bonds. The molecule has 0 bridgehead atoms. The van der Waals surface area contributed by atoms with E-state index < -0.39 is 11.2 Å². The molecule has 1 saturated heterocycles. The maximum atomic E-state index is 11.5. The minimum atomic E-state index is -1.03. The van der Waals surface area contributed by atoms with E-state index >= 15 is 0 Å². The van der Waals surface area contributed by atoms with Crippen LogP contribution in [0.15, 0.2) is 0 Å². The van der Waals surface area contributed by atoms with Gasteiger partial charge < -0.3 is 14.6 Å². The van der Waals surface area contributed by atoms with Gasteiger partial charge in [-0.25, -0.2) is 0 Å². The van der Waals surface area contributed by atoms with Gasteiger partial charge in [0.25, 0.3) is 0 Å². The van der Waals surface area contributed by atoms with Crippen LogP contribution in [0, 0.1) is 0 Å². The molecule has 0 aliphatic carbocycles. The van der Waals surface area contributed by atoms with Gasteiger partial charge in [-0.15, -0.1) is 0 Å². The molecule has 1 rings (SSSR count). The lowest BCUT2D eigenvalue weighted by Crippen LogP contribution is -2.42. The van der Waals surface area contributed by atoms with E-state index in [0.717, 1.165) is 6.42 Å². The van der Waals surface area contributed by atoms with E-state index in [4.69, 9.17) is 9.47 Å². The van der Waals surface area contributed by atoms with Gasteiger partial charge in [0.05, 0.1) is 18.6 Å². The Hall–Kier alpha value is -0.610. The van der Waals surface area contributed by atoms with Crippen LogP contribution in [-0.4, -0.2) is 35.5 Å². The van der Waals surface area contributed by atoms with Crippen LogP contribution in [0.1, 0.15) is 40.0 Å². The average Bonchev–Trinajstić information content (AvgIpc) is 1.99. The fraction of sp³-hybridized carbons (Fsp3) is 0.909. The molecule has 0 saturated carbocycles. The topological polar surface area (TPSA) is 55.8 Å². The predicted molar refractivity (Wildman–Crippen MR) is 55.5 cm³/mol. The van der Waals surface area contributed by atoms with Gasteiger partial charge in [0, 0.05) is 6.61 Å². The molecule has 88 valence electrons. The number of esters is 1. The van der Waals surface area contributed by atoms with E-state index in [-0.39, 0.29) is 19.0 Å². The smallest absolute Gasteiger partial charge is 0.309 e. The molecule has 0 aromatic carbocycles. The van der Waals surface area contributed by atoms with Gasteiger partial charge in [0.2, 0.25) is 0 Å². The third kappa shape index (κ3) is 4.62. The largest absolute Gasteiger partial charge is 0.460 e. The molecule has 0 radical (unpaired) electrons. The van der Waals surface area contributed by atoms with E-state index in [9.17, 15) is 9.90 Å². The van der Waals surface area contributed by atoms with Crippen molar-refractivity contribution in [1.82, 2.24) is 0 Å². The second-order valence-corrected chi connectivity index (χ2v) is 5.14. The molecule has 1 unspecified atom stereocenters. The Morgan fingerprint density at radius 3 is 2.67 bits per heavy atom. The van der Waals surface area contributed by atoms with Gasteiger partial charge in [-0.1, -0.05) is 0 Å². The number of hydrogen-bond acceptors (Lipinski definition) is 4. The maximum Gasteiger partial charge on any atom is 0.309 e. The maximum absolute atomic E-state index is 11.5. The van der Waals surface area contributed by atoms with Crippen LogP contribution in [-0.2, 0) is 14.3 Å². The summed E-state index contributed by atoms with van der Waals surface area (Å²) in [5, 5.41) is 10.0. The first-order valence-corrected chi connectivity index (χ1v) is 5.33. The number of rotatable bonds is 2. The number of ether oxygens (including phenoxy) is 2. The van der Waals surface area contributed by atoms with Crippen molar-refractivity contribution in [3.05, 3.63) is 0 Å². The summed E-state index contributed by atoms with van der Waals surface area (Å²) in [7, 11) is 0. The molecule has 0 aromatic rings.